The first-order chi connectivity index (χ1) is 6.45. The van der Waals surface area contributed by atoms with Crippen molar-refractivity contribution < 1.29 is 17.9 Å². The number of carbonyl (C=O) groups excluding carboxylic acids is 1. The maximum atomic E-state index is 11.1. The molecular weight excluding hydrogens is 208 g/mol. The molecule has 2 N–H and O–H groups in total. The van der Waals surface area contributed by atoms with E-state index in [2.05, 4.69) is 15.4 Å². The molecule has 0 aliphatic heterocycles. The van der Waals surface area contributed by atoms with E-state index in [0.29, 0.717) is 6.42 Å². The summed E-state index contributed by atoms with van der Waals surface area (Å²) in [6, 6.07) is -0.642. The van der Waals surface area contributed by atoms with Crippen molar-refractivity contribution in [3.05, 3.63) is 0 Å². The molecule has 0 fully saturated rings. The van der Waals surface area contributed by atoms with Crippen molar-refractivity contribution in [1.29, 1.82) is 0 Å². The van der Waals surface area contributed by atoms with Gasteiger partial charge in [-0.2, -0.15) is 13.1 Å². The number of carbonyl (C=O) groups is 1. The highest BCUT2D eigenvalue weighted by atomic mass is 32.2. The van der Waals surface area contributed by atoms with E-state index in [1.165, 1.54) is 0 Å². The van der Waals surface area contributed by atoms with Gasteiger partial charge >= 0.3 is 16.3 Å². The molecule has 0 saturated heterocycles. The van der Waals surface area contributed by atoms with Gasteiger partial charge in [-0.1, -0.05) is 12.8 Å². The maximum absolute atomic E-state index is 11.1. The quantitative estimate of drug-likeness (QED) is 0.631. The van der Waals surface area contributed by atoms with Gasteiger partial charge in [-0.15, -0.1) is 6.42 Å². The summed E-state index contributed by atoms with van der Waals surface area (Å²) in [5.74, 6) is 2.22. The molecular formula is C7H12N2O4S. The fourth-order valence-corrected chi connectivity index (χ4v) is 1.57. The van der Waals surface area contributed by atoms with Crippen LogP contribution in [0.15, 0.2) is 0 Å². The maximum Gasteiger partial charge on any atom is 0.421 e. The predicted octanol–water partition coefficient (Wildman–Crippen LogP) is -0.411. The highest BCUT2D eigenvalue weighted by Crippen LogP contribution is 1.91. The summed E-state index contributed by atoms with van der Waals surface area (Å²) >= 11 is 0. The molecule has 0 aromatic heterocycles. The molecule has 1 amide bonds. The second-order valence-electron chi connectivity index (χ2n) is 2.34. The van der Waals surface area contributed by atoms with Crippen molar-refractivity contribution in [3.63, 3.8) is 0 Å². The molecule has 0 bridgehead atoms. The molecule has 0 heterocycles. The van der Waals surface area contributed by atoms with Crippen molar-refractivity contribution >= 4 is 16.3 Å². The van der Waals surface area contributed by atoms with Crippen LogP contribution in [-0.4, -0.2) is 27.7 Å². The van der Waals surface area contributed by atoms with Crippen LogP contribution in [0.4, 0.5) is 4.79 Å². The third-order valence-corrected chi connectivity index (χ3v) is 2.34. The highest BCUT2D eigenvalue weighted by molar-refractivity contribution is 7.88. The Hall–Kier alpha value is -1.26. The van der Waals surface area contributed by atoms with Gasteiger partial charge in [-0.05, 0) is 6.42 Å². The van der Waals surface area contributed by atoms with Crippen LogP contribution in [0.25, 0.3) is 0 Å². The number of ether oxygens (including phenoxy) is 1. The zero-order chi connectivity index (χ0) is 11.2. The van der Waals surface area contributed by atoms with Gasteiger partial charge in [0.1, 0.15) is 0 Å². The van der Waals surface area contributed by atoms with Crippen LogP contribution in [0.5, 0.6) is 0 Å². The minimum atomic E-state index is -3.93. The van der Waals surface area contributed by atoms with Crippen LogP contribution in [0, 0.1) is 12.3 Å². The summed E-state index contributed by atoms with van der Waals surface area (Å²) < 4.78 is 30.0. The van der Waals surface area contributed by atoms with Gasteiger partial charge < -0.3 is 4.74 Å². The van der Waals surface area contributed by atoms with E-state index in [1.54, 1.807) is 11.6 Å². The van der Waals surface area contributed by atoms with E-state index in [1.807, 2.05) is 0 Å². The number of methoxy groups -OCH3 is 1. The van der Waals surface area contributed by atoms with Gasteiger partial charge in [-0.3, -0.25) is 0 Å². The lowest BCUT2D eigenvalue weighted by Gasteiger charge is -2.11. The van der Waals surface area contributed by atoms with Gasteiger partial charge in [0.05, 0.1) is 13.2 Å². The molecule has 0 aromatic carbocycles. The summed E-state index contributed by atoms with van der Waals surface area (Å²) in [6.45, 7) is 1.71. The molecule has 7 heteroatoms. The first kappa shape index (κ1) is 12.7. The van der Waals surface area contributed by atoms with Crippen LogP contribution >= 0.6 is 0 Å². The average Bonchev–Trinajstić information content (AvgIpc) is 2.13. The van der Waals surface area contributed by atoms with E-state index in [-0.39, 0.29) is 0 Å². The number of hydrogen-bond acceptors (Lipinski definition) is 4. The lowest BCUT2D eigenvalue weighted by atomic mass is 10.3. The zero-order valence-electron chi connectivity index (χ0n) is 7.90. The summed E-state index contributed by atoms with van der Waals surface area (Å²) in [5, 5.41) is 0. The number of amides is 1. The molecule has 80 valence electrons. The Morgan fingerprint density at radius 2 is 2.21 bits per heavy atom. The van der Waals surface area contributed by atoms with Crippen LogP contribution in [0.2, 0.25) is 0 Å². The van der Waals surface area contributed by atoms with Crippen molar-refractivity contribution in [3.8, 4) is 12.3 Å². The monoisotopic (exact) mass is 220 g/mol. The molecule has 0 aromatic rings. The molecule has 0 aliphatic rings. The summed E-state index contributed by atoms with van der Waals surface area (Å²) in [4.78, 5) is 10.6. The fourth-order valence-electron chi connectivity index (χ4n) is 0.603. The number of hydrogen-bond donors (Lipinski definition) is 2. The number of rotatable bonds is 4. The molecule has 0 rings (SSSR count). The lowest BCUT2D eigenvalue weighted by Crippen LogP contribution is -2.44. The highest BCUT2D eigenvalue weighted by Gasteiger charge is 2.17. The van der Waals surface area contributed by atoms with Crippen LogP contribution in [0.3, 0.4) is 0 Å². The summed E-state index contributed by atoms with van der Waals surface area (Å²) in [7, 11) is -2.87. The molecule has 0 spiro atoms. The molecule has 1 unspecified atom stereocenters. The second kappa shape index (κ2) is 5.47. The second-order valence-corrected chi connectivity index (χ2v) is 3.79. The Morgan fingerprint density at radius 3 is 2.57 bits per heavy atom. The Bertz CT molecular complexity index is 330. The van der Waals surface area contributed by atoms with E-state index in [0.717, 1.165) is 7.11 Å². The third kappa shape index (κ3) is 4.69. The van der Waals surface area contributed by atoms with Crippen molar-refractivity contribution in [2.45, 2.75) is 19.4 Å². The Labute approximate surface area is 83.2 Å². The molecule has 0 radical (unpaired) electrons. The predicted molar refractivity (Wildman–Crippen MR) is 50.5 cm³/mol. The zero-order valence-corrected chi connectivity index (χ0v) is 8.72. The topological polar surface area (TPSA) is 84.5 Å². The minimum absolute atomic E-state index is 0.429. The molecule has 6 nitrogen and oxygen atoms in total. The fraction of sp³-hybridized carbons (Fsp3) is 0.571. The van der Waals surface area contributed by atoms with E-state index in [4.69, 9.17) is 6.42 Å². The van der Waals surface area contributed by atoms with Crippen molar-refractivity contribution in [1.82, 2.24) is 9.44 Å². The van der Waals surface area contributed by atoms with Gasteiger partial charge in [0.25, 0.3) is 0 Å². The summed E-state index contributed by atoms with van der Waals surface area (Å²) in [6.07, 6.45) is 4.40. The molecule has 0 saturated carbocycles. The van der Waals surface area contributed by atoms with Gasteiger partial charge in [-0.25, -0.2) is 9.52 Å². The van der Waals surface area contributed by atoms with E-state index in [9.17, 15) is 13.2 Å². The van der Waals surface area contributed by atoms with Crippen molar-refractivity contribution in [2.24, 2.45) is 0 Å². The molecule has 0 aliphatic carbocycles. The standard InChI is InChI=1S/C7H12N2O4S/c1-4-6(5-2)8-14(11,12)9-7(10)13-3/h1,6,8H,5H2,2-3H3,(H,9,10). The Balaban J connectivity index is 4.36. The van der Waals surface area contributed by atoms with Gasteiger partial charge in [0.2, 0.25) is 0 Å². The van der Waals surface area contributed by atoms with Gasteiger partial charge in [0.15, 0.2) is 0 Å². The lowest BCUT2D eigenvalue weighted by molar-refractivity contribution is 0.177. The Kier molecular flexibility index (Phi) is 4.97. The smallest absolute Gasteiger partial charge is 0.421 e. The first-order valence-electron chi connectivity index (χ1n) is 3.79. The first-order valence-corrected chi connectivity index (χ1v) is 5.27. The van der Waals surface area contributed by atoms with Gasteiger partial charge in [0, 0.05) is 0 Å². The van der Waals surface area contributed by atoms with Crippen LogP contribution in [0.1, 0.15) is 13.3 Å². The van der Waals surface area contributed by atoms with Crippen molar-refractivity contribution in [2.75, 3.05) is 7.11 Å². The Morgan fingerprint density at radius 1 is 1.64 bits per heavy atom. The minimum Gasteiger partial charge on any atom is -0.452 e. The normalized spacial score (nSPS) is 12.6. The largest absolute Gasteiger partial charge is 0.452 e. The third-order valence-electron chi connectivity index (χ3n) is 1.31. The number of terminal acetylenes is 1. The summed E-state index contributed by atoms with van der Waals surface area (Å²) in [5.41, 5.74) is 0. The SMILES string of the molecule is C#CC(CC)NS(=O)(=O)NC(=O)OC. The molecule has 1 atom stereocenters. The van der Waals surface area contributed by atoms with E-state index >= 15 is 0 Å². The average molecular weight is 220 g/mol. The molecule has 14 heavy (non-hydrogen) atoms. The van der Waals surface area contributed by atoms with Crippen LogP contribution in [-0.2, 0) is 14.9 Å². The van der Waals surface area contributed by atoms with E-state index < -0.39 is 22.3 Å². The van der Waals surface area contributed by atoms with Crippen LogP contribution < -0.4 is 9.44 Å². The number of nitrogens with one attached hydrogen (secondary N) is 2.